The Balaban J connectivity index is 1.47. The fraction of sp³-hybridized carbons (Fsp3) is 0.429. The number of fused-ring (bicyclic) bond motifs is 5. The normalized spacial score (nSPS) is 35.8. The van der Waals surface area contributed by atoms with Crippen molar-refractivity contribution < 1.29 is 9.53 Å². The molecule has 1 aliphatic carbocycles. The Kier molecular flexibility index (Phi) is 4.01. The highest BCUT2D eigenvalue weighted by molar-refractivity contribution is 6.42. The molecule has 27 heavy (non-hydrogen) atoms. The molecule has 3 aliphatic rings. The number of carbonyl (C=O) groups excluding carboxylic acids is 1. The number of anilines is 1. The van der Waals surface area contributed by atoms with E-state index in [1.54, 1.807) is 18.2 Å². The third-order valence-corrected chi connectivity index (χ3v) is 7.22. The van der Waals surface area contributed by atoms with Gasteiger partial charge in [-0.15, -0.1) is 0 Å². The highest BCUT2D eigenvalue weighted by atomic mass is 35.5. The predicted octanol–water partition coefficient (Wildman–Crippen LogP) is 4.70. The van der Waals surface area contributed by atoms with Crippen molar-refractivity contribution in [3.8, 4) is 0 Å². The molecule has 3 heterocycles. The first-order valence-electron chi connectivity index (χ1n) is 9.29. The standard InChI is InChI=1S/C21H20Cl2N2O2/c1-9-7-11(5-6-24-9)17-18(20-16-10(2)15(16)19(17)27-20)21(26)25-12-3-4-13(22)14(23)8-12/h3-8,10,15-20H,1-2H3,(H,25,26)/t10?,15?,16?,17-,18-,19+,20-/m1/s1. The zero-order chi connectivity index (χ0) is 18.9. The van der Waals surface area contributed by atoms with Gasteiger partial charge in [0.2, 0.25) is 5.91 Å². The van der Waals surface area contributed by atoms with Crippen LogP contribution in [0.4, 0.5) is 5.69 Å². The fourth-order valence-electron chi connectivity index (χ4n) is 5.27. The van der Waals surface area contributed by atoms with E-state index in [0.29, 0.717) is 33.5 Å². The molecule has 1 amide bonds. The number of ether oxygens (including phenoxy) is 1. The minimum Gasteiger partial charge on any atom is -0.373 e. The zero-order valence-electron chi connectivity index (χ0n) is 15.0. The summed E-state index contributed by atoms with van der Waals surface area (Å²) in [4.78, 5) is 17.6. The van der Waals surface area contributed by atoms with E-state index in [9.17, 15) is 4.79 Å². The first kappa shape index (κ1) is 17.5. The van der Waals surface area contributed by atoms with Gasteiger partial charge in [0.05, 0.1) is 28.2 Å². The van der Waals surface area contributed by atoms with Crippen molar-refractivity contribution in [1.29, 1.82) is 0 Å². The molecule has 3 fully saturated rings. The molecular formula is C21H20Cl2N2O2. The minimum absolute atomic E-state index is 0.0158. The van der Waals surface area contributed by atoms with Gasteiger partial charge >= 0.3 is 0 Å². The monoisotopic (exact) mass is 402 g/mol. The number of nitrogens with one attached hydrogen (secondary N) is 1. The lowest BCUT2D eigenvalue weighted by atomic mass is 9.75. The van der Waals surface area contributed by atoms with Crippen molar-refractivity contribution in [2.45, 2.75) is 32.0 Å². The van der Waals surface area contributed by atoms with Crippen LogP contribution in [0, 0.1) is 30.6 Å². The summed E-state index contributed by atoms with van der Waals surface area (Å²) in [6.07, 6.45) is 1.91. The lowest BCUT2D eigenvalue weighted by Gasteiger charge is -2.27. The Morgan fingerprint density at radius 2 is 1.89 bits per heavy atom. The molecular weight excluding hydrogens is 383 g/mol. The lowest BCUT2D eigenvalue weighted by Crippen LogP contribution is -2.37. The summed E-state index contributed by atoms with van der Waals surface area (Å²) in [5, 5.41) is 3.92. The average molecular weight is 403 g/mol. The summed E-state index contributed by atoms with van der Waals surface area (Å²) >= 11 is 12.1. The SMILES string of the molecule is Cc1cc([C@@H]2[C@@H](C(=O)Nc3ccc(Cl)c(Cl)c3)[C@@H]3O[C@H]2C2C(C)C23)ccn1. The topological polar surface area (TPSA) is 51.2 Å². The fourth-order valence-corrected chi connectivity index (χ4v) is 5.56. The number of rotatable bonds is 3. The Hall–Kier alpha value is -1.62. The Morgan fingerprint density at radius 1 is 1.11 bits per heavy atom. The van der Waals surface area contributed by atoms with Crippen LogP contribution in [0.2, 0.25) is 10.0 Å². The molecule has 2 aliphatic heterocycles. The van der Waals surface area contributed by atoms with Crippen molar-refractivity contribution in [1.82, 2.24) is 4.98 Å². The van der Waals surface area contributed by atoms with Gasteiger partial charge in [-0.2, -0.15) is 0 Å². The van der Waals surface area contributed by atoms with Crippen molar-refractivity contribution in [3.63, 3.8) is 0 Å². The highest BCUT2D eigenvalue weighted by Gasteiger charge is 2.72. The number of hydrogen-bond acceptors (Lipinski definition) is 3. The zero-order valence-corrected chi connectivity index (χ0v) is 16.5. The molecule has 2 bridgehead atoms. The van der Waals surface area contributed by atoms with Gasteiger partial charge in [0.25, 0.3) is 0 Å². The highest BCUT2D eigenvalue weighted by Crippen LogP contribution is 2.68. The predicted molar refractivity (Wildman–Crippen MR) is 105 cm³/mol. The summed E-state index contributed by atoms with van der Waals surface area (Å²) in [7, 11) is 0. The molecule has 1 N–H and O–H groups in total. The summed E-state index contributed by atoms with van der Waals surface area (Å²) in [5.41, 5.74) is 2.75. The van der Waals surface area contributed by atoms with Gasteiger partial charge < -0.3 is 10.1 Å². The van der Waals surface area contributed by atoms with E-state index in [-0.39, 0.29) is 30.0 Å². The van der Waals surface area contributed by atoms with Crippen LogP contribution in [-0.2, 0) is 9.53 Å². The van der Waals surface area contributed by atoms with E-state index >= 15 is 0 Å². The van der Waals surface area contributed by atoms with E-state index in [1.165, 1.54) is 0 Å². The van der Waals surface area contributed by atoms with Gasteiger partial charge in [0.15, 0.2) is 0 Å². The molecule has 1 aromatic carbocycles. The molecule has 0 radical (unpaired) electrons. The number of pyridine rings is 1. The van der Waals surface area contributed by atoms with Crippen LogP contribution in [0.3, 0.4) is 0 Å². The van der Waals surface area contributed by atoms with Crippen molar-refractivity contribution >= 4 is 34.8 Å². The van der Waals surface area contributed by atoms with Crippen molar-refractivity contribution in [2.75, 3.05) is 5.32 Å². The molecule has 7 atom stereocenters. The van der Waals surface area contributed by atoms with Crippen LogP contribution in [-0.4, -0.2) is 23.1 Å². The van der Waals surface area contributed by atoms with Crippen LogP contribution >= 0.6 is 23.2 Å². The molecule has 2 saturated heterocycles. The number of amides is 1. The maximum atomic E-state index is 13.3. The summed E-state index contributed by atoms with van der Waals surface area (Å²) < 4.78 is 6.30. The molecule has 0 spiro atoms. The first-order chi connectivity index (χ1) is 13.0. The number of hydrogen-bond donors (Lipinski definition) is 1. The first-order valence-corrected chi connectivity index (χ1v) is 10.0. The molecule has 5 rings (SSSR count). The lowest BCUT2D eigenvalue weighted by molar-refractivity contribution is -0.122. The van der Waals surface area contributed by atoms with Crippen LogP contribution < -0.4 is 5.32 Å². The number of aryl methyl sites for hydroxylation is 1. The van der Waals surface area contributed by atoms with Crippen molar-refractivity contribution in [3.05, 3.63) is 57.8 Å². The third kappa shape index (κ3) is 2.69. The van der Waals surface area contributed by atoms with Crippen molar-refractivity contribution in [2.24, 2.45) is 23.7 Å². The van der Waals surface area contributed by atoms with Crippen LogP contribution in [0.5, 0.6) is 0 Å². The van der Waals surface area contributed by atoms with Gasteiger partial charge in [-0.1, -0.05) is 30.1 Å². The summed E-state index contributed by atoms with van der Waals surface area (Å²) in [6.45, 7) is 4.25. The van der Waals surface area contributed by atoms with Crippen LogP contribution in [0.15, 0.2) is 36.5 Å². The molecule has 1 saturated carbocycles. The number of aromatic nitrogens is 1. The quantitative estimate of drug-likeness (QED) is 0.809. The average Bonchev–Trinajstić information content (AvgIpc) is 3.01. The molecule has 2 aromatic rings. The second-order valence-corrected chi connectivity index (χ2v) is 8.79. The molecule has 6 heteroatoms. The number of nitrogens with zero attached hydrogens (tertiary/aromatic N) is 1. The van der Waals surface area contributed by atoms with E-state index in [0.717, 1.165) is 11.3 Å². The summed E-state index contributed by atoms with van der Waals surface area (Å²) in [5.74, 6) is 1.53. The number of benzene rings is 1. The smallest absolute Gasteiger partial charge is 0.230 e. The number of carbonyl (C=O) groups is 1. The summed E-state index contributed by atoms with van der Waals surface area (Å²) in [6, 6.07) is 9.25. The van der Waals surface area contributed by atoms with E-state index in [1.807, 2.05) is 19.2 Å². The third-order valence-electron chi connectivity index (χ3n) is 6.48. The van der Waals surface area contributed by atoms with E-state index < -0.39 is 0 Å². The van der Waals surface area contributed by atoms with Crippen LogP contribution in [0.1, 0.15) is 24.1 Å². The second kappa shape index (κ2) is 6.20. The Morgan fingerprint density at radius 3 is 2.63 bits per heavy atom. The molecule has 1 aromatic heterocycles. The largest absolute Gasteiger partial charge is 0.373 e. The van der Waals surface area contributed by atoms with Gasteiger partial charge in [0.1, 0.15) is 0 Å². The maximum absolute atomic E-state index is 13.3. The van der Waals surface area contributed by atoms with Gasteiger partial charge in [-0.25, -0.2) is 0 Å². The molecule has 4 nitrogen and oxygen atoms in total. The van der Waals surface area contributed by atoms with E-state index in [2.05, 4.69) is 23.3 Å². The second-order valence-electron chi connectivity index (χ2n) is 7.98. The number of halogens is 2. The van der Waals surface area contributed by atoms with Gasteiger partial charge in [-0.05, 0) is 60.6 Å². The molecule has 140 valence electrons. The van der Waals surface area contributed by atoms with Crippen LogP contribution in [0.25, 0.3) is 0 Å². The van der Waals surface area contributed by atoms with Gasteiger partial charge in [-0.3, -0.25) is 9.78 Å². The van der Waals surface area contributed by atoms with Gasteiger partial charge in [0, 0.05) is 23.5 Å². The molecule has 3 unspecified atom stereocenters. The Bertz CT molecular complexity index is 934. The maximum Gasteiger partial charge on any atom is 0.230 e. The Labute approximate surface area is 168 Å². The minimum atomic E-state index is -0.211. The van der Waals surface area contributed by atoms with E-state index in [4.69, 9.17) is 27.9 Å².